The number of benzene rings is 1. The first-order chi connectivity index (χ1) is 8.81. The Morgan fingerprint density at radius 1 is 1.37 bits per heavy atom. The van der Waals surface area contributed by atoms with Gasteiger partial charge in [-0.3, -0.25) is 5.01 Å². The number of hydrogen-bond acceptors (Lipinski definition) is 3. The van der Waals surface area contributed by atoms with Crippen molar-refractivity contribution in [2.24, 2.45) is 5.10 Å². The number of anilines is 1. The van der Waals surface area contributed by atoms with Crippen molar-refractivity contribution in [2.45, 2.75) is 26.9 Å². The number of halogens is 3. The van der Waals surface area contributed by atoms with E-state index in [1.165, 1.54) is 12.1 Å². The summed E-state index contributed by atoms with van der Waals surface area (Å²) in [6.45, 7) is 4.81. The molecular weight excluding hydrogens is 257 g/mol. The highest BCUT2D eigenvalue weighted by Crippen LogP contribution is 2.32. The Hall–Kier alpha value is -1.72. The number of methoxy groups -OCH3 is 1. The average Bonchev–Trinajstić information content (AvgIpc) is 2.34. The van der Waals surface area contributed by atoms with Gasteiger partial charge in [-0.05, 0) is 32.4 Å². The lowest BCUT2D eigenvalue weighted by atomic mass is 10.2. The molecule has 3 nitrogen and oxygen atoms in total. The van der Waals surface area contributed by atoms with E-state index in [2.05, 4.69) is 5.10 Å². The molecule has 0 fully saturated rings. The quantitative estimate of drug-likeness (QED) is 0.616. The van der Waals surface area contributed by atoms with Crippen molar-refractivity contribution in [3.05, 3.63) is 23.8 Å². The maximum absolute atomic E-state index is 12.6. The van der Waals surface area contributed by atoms with Gasteiger partial charge >= 0.3 is 6.18 Å². The molecule has 0 aliphatic rings. The summed E-state index contributed by atoms with van der Waals surface area (Å²) in [5, 5.41) is 4.95. The average molecular weight is 274 g/mol. The van der Waals surface area contributed by atoms with Gasteiger partial charge in [0.25, 0.3) is 0 Å². The molecule has 0 spiro atoms. The molecule has 0 radical (unpaired) electrons. The predicted molar refractivity (Wildman–Crippen MR) is 69.9 cm³/mol. The van der Waals surface area contributed by atoms with Gasteiger partial charge in [0.1, 0.15) is 17.1 Å². The van der Waals surface area contributed by atoms with Crippen LogP contribution < -0.4 is 9.75 Å². The molecule has 0 heterocycles. The van der Waals surface area contributed by atoms with Gasteiger partial charge in [-0.1, -0.05) is 12.1 Å². The molecule has 0 unspecified atom stereocenters. The lowest BCUT2D eigenvalue weighted by Gasteiger charge is -2.23. The highest BCUT2D eigenvalue weighted by atomic mass is 19.4. The number of alkyl halides is 3. The molecule has 0 amide bonds. The Kier molecular flexibility index (Phi) is 4.80. The van der Waals surface area contributed by atoms with Gasteiger partial charge in [0.2, 0.25) is 0 Å². The van der Waals surface area contributed by atoms with Gasteiger partial charge < -0.3 is 4.74 Å². The van der Waals surface area contributed by atoms with Crippen LogP contribution in [0.1, 0.15) is 19.4 Å². The van der Waals surface area contributed by atoms with Gasteiger partial charge in [0.05, 0.1) is 7.11 Å². The molecule has 0 saturated heterocycles. The zero-order chi connectivity index (χ0) is 14.6. The van der Waals surface area contributed by atoms with Gasteiger partial charge in [-0.15, -0.1) is 0 Å². The van der Waals surface area contributed by atoms with Crippen LogP contribution in [-0.2, 0) is 0 Å². The molecule has 6 heteroatoms. The fraction of sp³-hybridized carbons (Fsp3) is 0.462. The predicted octanol–water partition coefficient (Wildman–Crippen LogP) is 3.77. The van der Waals surface area contributed by atoms with E-state index in [0.717, 1.165) is 12.5 Å². The first-order valence-electron chi connectivity index (χ1n) is 5.84. The molecule has 0 bridgehead atoms. The third-order valence-electron chi connectivity index (χ3n) is 2.66. The molecule has 0 N–H and O–H groups in total. The number of ether oxygens (including phenoxy) is 1. The molecule has 0 aliphatic carbocycles. The maximum Gasteiger partial charge on any atom is 0.430 e. The van der Waals surface area contributed by atoms with E-state index in [4.69, 9.17) is 4.74 Å². The second-order valence-electron chi connectivity index (χ2n) is 4.02. The Morgan fingerprint density at radius 3 is 2.47 bits per heavy atom. The van der Waals surface area contributed by atoms with Crippen molar-refractivity contribution in [1.82, 2.24) is 0 Å². The van der Waals surface area contributed by atoms with Crippen LogP contribution in [0.3, 0.4) is 0 Å². The summed E-state index contributed by atoms with van der Waals surface area (Å²) < 4.78 is 42.9. The molecule has 0 aromatic heterocycles. The number of hydrazone groups is 1. The summed E-state index contributed by atoms with van der Waals surface area (Å²) in [4.78, 5) is 0. The van der Waals surface area contributed by atoms with Crippen LogP contribution in [0.25, 0.3) is 0 Å². The number of aryl methyl sites for hydroxylation is 1. The number of para-hydroxylation sites is 1. The minimum Gasteiger partial charge on any atom is -0.495 e. The van der Waals surface area contributed by atoms with Crippen LogP contribution in [0, 0.1) is 6.92 Å². The number of nitrogens with zero attached hydrogens (tertiary/aromatic N) is 2. The highest BCUT2D eigenvalue weighted by molar-refractivity contribution is 5.88. The molecule has 1 rings (SSSR count). The van der Waals surface area contributed by atoms with Gasteiger partial charge in [0, 0.05) is 6.54 Å². The molecule has 1 aromatic rings. The Morgan fingerprint density at radius 2 is 2.00 bits per heavy atom. The van der Waals surface area contributed by atoms with E-state index in [9.17, 15) is 13.2 Å². The second kappa shape index (κ2) is 5.95. The van der Waals surface area contributed by atoms with Crippen molar-refractivity contribution in [3.63, 3.8) is 0 Å². The van der Waals surface area contributed by atoms with Crippen molar-refractivity contribution < 1.29 is 17.9 Å². The first-order valence-corrected chi connectivity index (χ1v) is 5.84. The van der Waals surface area contributed by atoms with Crippen LogP contribution in [0.4, 0.5) is 18.9 Å². The zero-order valence-electron chi connectivity index (χ0n) is 11.4. The summed E-state index contributed by atoms with van der Waals surface area (Å²) in [5.41, 5.74) is 0.468. The summed E-state index contributed by atoms with van der Waals surface area (Å²) in [6, 6.07) is 5.29. The molecule has 19 heavy (non-hydrogen) atoms. The Balaban J connectivity index is 3.25. The van der Waals surface area contributed by atoms with Crippen molar-refractivity contribution in [1.29, 1.82) is 0 Å². The smallest absolute Gasteiger partial charge is 0.430 e. The van der Waals surface area contributed by atoms with Crippen LogP contribution in [0.5, 0.6) is 5.75 Å². The third-order valence-corrected chi connectivity index (χ3v) is 2.66. The fourth-order valence-electron chi connectivity index (χ4n) is 1.64. The molecular formula is C13H17F3N2O. The van der Waals surface area contributed by atoms with Gasteiger partial charge in [0.15, 0.2) is 0 Å². The van der Waals surface area contributed by atoms with Crippen LogP contribution in [-0.4, -0.2) is 25.5 Å². The largest absolute Gasteiger partial charge is 0.495 e. The molecule has 106 valence electrons. The lowest BCUT2D eigenvalue weighted by molar-refractivity contribution is -0.0594. The number of hydrogen-bond donors (Lipinski definition) is 0. The van der Waals surface area contributed by atoms with Crippen molar-refractivity contribution in [3.8, 4) is 5.75 Å². The fourth-order valence-corrected chi connectivity index (χ4v) is 1.64. The molecule has 0 atom stereocenters. The SMILES string of the molecule is CCN(/N=C(\C)C(F)(F)F)c1c(C)cccc1OC. The summed E-state index contributed by atoms with van der Waals surface area (Å²) in [5.74, 6) is 0.501. The highest BCUT2D eigenvalue weighted by Gasteiger charge is 2.33. The van der Waals surface area contributed by atoms with Crippen LogP contribution in [0.15, 0.2) is 23.3 Å². The molecule has 0 aliphatic heterocycles. The van der Waals surface area contributed by atoms with Crippen LogP contribution in [0.2, 0.25) is 0 Å². The van der Waals surface area contributed by atoms with Crippen molar-refractivity contribution >= 4 is 11.4 Å². The zero-order valence-corrected chi connectivity index (χ0v) is 11.4. The van der Waals surface area contributed by atoms with E-state index in [-0.39, 0.29) is 0 Å². The summed E-state index contributed by atoms with van der Waals surface area (Å²) >= 11 is 0. The lowest BCUT2D eigenvalue weighted by Crippen LogP contribution is -2.26. The van der Waals surface area contributed by atoms with Crippen LogP contribution >= 0.6 is 0 Å². The maximum atomic E-state index is 12.6. The topological polar surface area (TPSA) is 24.8 Å². The van der Waals surface area contributed by atoms with Gasteiger partial charge in [-0.25, -0.2) is 0 Å². The van der Waals surface area contributed by atoms with E-state index >= 15 is 0 Å². The van der Waals surface area contributed by atoms with Crippen molar-refractivity contribution in [2.75, 3.05) is 18.7 Å². The minimum absolute atomic E-state index is 0.314. The van der Waals surface area contributed by atoms with E-state index in [0.29, 0.717) is 18.0 Å². The third kappa shape index (κ3) is 3.62. The standard InChI is InChI=1S/C13H17F3N2O/c1-5-18(17-10(3)13(14,15)16)12-9(2)7-6-8-11(12)19-4/h6-8H,5H2,1-4H3/b17-10+. The number of rotatable bonds is 4. The monoisotopic (exact) mass is 274 g/mol. The Labute approximate surface area is 110 Å². The van der Waals surface area contributed by atoms with Gasteiger partial charge in [-0.2, -0.15) is 18.3 Å². The summed E-state index contributed by atoms with van der Waals surface area (Å²) in [7, 11) is 1.48. The normalized spacial score (nSPS) is 12.5. The second-order valence-corrected chi connectivity index (χ2v) is 4.02. The molecule has 0 saturated carbocycles. The first kappa shape index (κ1) is 15.3. The summed E-state index contributed by atoms with van der Waals surface area (Å²) in [6.07, 6.45) is -4.43. The Bertz CT molecular complexity index is 469. The minimum atomic E-state index is -4.43. The van der Waals surface area contributed by atoms with E-state index in [1.807, 2.05) is 0 Å². The molecule has 1 aromatic carbocycles. The van der Waals surface area contributed by atoms with E-state index < -0.39 is 11.9 Å². The van der Waals surface area contributed by atoms with E-state index in [1.54, 1.807) is 32.0 Å².